The lowest BCUT2D eigenvalue weighted by molar-refractivity contribution is 0.463. The fourth-order valence-corrected chi connectivity index (χ4v) is 4.13. The standard InChI is InChI=1S/C15H24N2O2S/c1-3-16-10-14-4-6-15(7-5-14)12-20(18,19)17-9-8-13(2)11-17/h4-7,13,16H,3,8-12H2,1-2H3. The lowest BCUT2D eigenvalue weighted by atomic mass is 10.1. The van der Waals surface area contributed by atoms with Crippen molar-refractivity contribution in [1.29, 1.82) is 0 Å². The predicted molar refractivity (Wildman–Crippen MR) is 81.8 cm³/mol. The highest BCUT2D eigenvalue weighted by Gasteiger charge is 2.29. The molecule has 0 aliphatic carbocycles. The van der Waals surface area contributed by atoms with Crippen LogP contribution in [0.4, 0.5) is 0 Å². The summed E-state index contributed by atoms with van der Waals surface area (Å²) in [5, 5.41) is 3.26. The Kier molecular flexibility index (Phi) is 5.18. The Morgan fingerprint density at radius 3 is 2.45 bits per heavy atom. The number of sulfonamides is 1. The fourth-order valence-electron chi connectivity index (χ4n) is 2.47. The lowest BCUT2D eigenvalue weighted by Gasteiger charge is -2.16. The van der Waals surface area contributed by atoms with E-state index in [-0.39, 0.29) is 5.75 Å². The van der Waals surface area contributed by atoms with Crippen LogP contribution in [0.3, 0.4) is 0 Å². The van der Waals surface area contributed by atoms with Crippen molar-refractivity contribution in [2.75, 3.05) is 19.6 Å². The van der Waals surface area contributed by atoms with Crippen LogP contribution >= 0.6 is 0 Å². The molecule has 5 heteroatoms. The SMILES string of the molecule is CCNCc1ccc(CS(=O)(=O)N2CCC(C)C2)cc1. The predicted octanol–water partition coefficient (Wildman–Crippen LogP) is 1.97. The zero-order valence-electron chi connectivity index (χ0n) is 12.3. The van der Waals surface area contributed by atoms with Gasteiger partial charge in [-0.2, -0.15) is 0 Å². The van der Waals surface area contributed by atoms with Gasteiger partial charge in [-0.1, -0.05) is 38.1 Å². The van der Waals surface area contributed by atoms with Gasteiger partial charge in [-0.3, -0.25) is 0 Å². The van der Waals surface area contributed by atoms with Gasteiger partial charge in [0.05, 0.1) is 5.75 Å². The Balaban J connectivity index is 1.98. The molecule has 0 spiro atoms. The van der Waals surface area contributed by atoms with E-state index in [9.17, 15) is 8.42 Å². The minimum Gasteiger partial charge on any atom is -0.313 e. The number of rotatable bonds is 6. The third kappa shape index (κ3) is 4.04. The molecular formula is C15H24N2O2S. The summed E-state index contributed by atoms with van der Waals surface area (Å²) in [7, 11) is -3.16. The maximum atomic E-state index is 12.3. The summed E-state index contributed by atoms with van der Waals surface area (Å²) in [6, 6.07) is 7.84. The number of hydrogen-bond acceptors (Lipinski definition) is 3. The summed E-state index contributed by atoms with van der Waals surface area (Å²) in [4.78, 5) is 0. The molecule has 1 unspecified atom stereocenters. The van der Waals surface area contributed by atoms with Crippen molar-refractivity contribution in [3.63, 3.8) is 0 Å². The third-order valence-electron chi connectivity index (χ3n) is 3.73. The quantitative estimate of drug-likeness (QED) is 0.873. The lowest BCUT2D eigenvalue weighted by Crippen LogP contribution is -2.29. The van der Waals surface area contributed by atoms with Crippen LogP contribution in [0.25, 0.3) is 0 Å². The molecule has 2 rings (SSSR count). The molecule has 1 aliphatic heterocycles. The van der Waals surface area contributed by atoms with E-state index in [2.05, 4.69) is 19.2 Å². The van der Waals surface area contributed by atoms with Gasteiger partial charge < -0.3 is 5.32 Å². The van der Waals surface area contributed by atoms with E-state index in [1.54, 1.807) is 4.31 Å². The summed E-state index contributed by atoms with van der Waals surface area (Å²) >= 11 is 0. The molecule has 1 N–H and O–H groups in total. The van der Waals surface area contributed by atoms with Gasteiger partial charge in [-0.05, 0) is 30.0 Å². The molecule has 1 atom stereocenters. The number of benzene rings is 1. The summed E-state index contributed by atoms with van der Waals surface area (Å²) < 4.78 is 26.3. The molecule has 1 aliphatic rings. The van der Waals surface area contributed by atoms with Crippen LogP contribution in [0.5, 0.6) is 0 Å². The van der Waals surface area contributed by atoms with Crippen LogP contribution < -0.4 is 5.32 Å². The van der Waals surface area contributed by atoms with Gasteiger partial charge in [0.15, 0.2) is 0 Å². The van der Waals surface area contributed by atoms with Crippen LogP contribution in [-0.4, -0.2) is 32.4 Å². The van der Waals surface area contributed by atoms with Crippen LogP contribution in [0.2, 0.25) is 0 Å². The molecule has 1 aromatic carbocycles. The minimum atomic E-state index is -3.16. The fraction of sp³-hybridized carbons (Fsp3) is 0.600. The van der Waals surface area contributed by atoms with E-state index >= 15 is 0 Å². The average Bonchev–Trinajstić information content (AvgIpc) is 2.85. The van der Waals surface area contributed by atoms with Crippen LogP contribution in [-0.2, 0) is 22.3 Å². The first-order valence-corrected chi connectivity index (χ1v) is 8.88. The highest BCUT2D eigenvalue weighted by molar-refractivity contribution is 7.88. The second kappa shape index (κ2) is 6.70. The van der Waals surface area contributed by atoms with E-state index in [1.165, 1.54) is 5.56 Å². The Morgan fingerprint density at radius 1 is 1.25 bits per heavy atom. The molecule has 0 amide bonds. The number of nitrogens with one attached hydrogen (secondary N) is 1. The number of hydrogen-bond donors (Lipinski definition) is 1. The molecule has 112 valence electrons. The van der Waals surface area contributed by atoms with Gasteiger partial charge >= 0.3 is 0 Å². The largest absolute Gasteiger partial charge is 0.313 e. The Bertz CT molecular complexity index is 525. The molecule has 0 radical (unpaired) electrons. The first-order chi connectivity index (χ1) is 9.51. The molecule has 20 heavy (non-hydrogen) atoms. The number of nitrogens with zero attached hydrogens (tertiary/aromatic N) is 1. The van der Waals surface area contributed by atoms with E-state index < -0.39 is 10.0 Å². The normalized spacial score (nSPS) is 20.4. The van der Waals surface area contributed by atoms with E-state index in [4.69, 9.17) is 0 Å². The van der Waals surface area contributed by atoms with Gasteiger partial charge in [0, 0.05) is 19.6 Å². The zero-order chi connectivity index (χ0) is 14.6. The molecule has 1 aromatic rings. The summed E-state index contributed by atoms with van der Waals surface area (Å²) in [5.74, 6) is 0.591. The Morgan fingerprint density at radius 2 is 1.90 bits per heavy atom. The van der Waals surface area contributed by atoms with Gasteiger partial charge in [-0.15, -0.1) is 0 Å². The average molecular weight is 296 g/mol. The highest BCUT2D eigenvalue weighted by Crippen LogP contribution is 2.21. The molecule has 0 saturated carbocycles. The van der Waals surface area contributed by atoms with Crippen molar-refractivity contribution < 1.29 is 8.42 Å². The summed E-state index contributed by atoms with van der Waals surface area (Å²) in [6.45, 7) is 7.27. The summed E-state index contributed by atoms with van der Waals surface area (Å²) in [5.41, 5.74) is 2.05. The van der Waals surface area contributed by atoms with E-state index in [1.807, 2.05) is 24.3 Å². The van der Waals surface area contributed by atoms with Gasteiger partial charge in [0.2, 0.25) is 10.0 Å². The van der Waals surface area contributed by atoms with Crippen molar-refractivity contribution in [1.82, 2.24) is 9.62 Å². The van der Waals surface area contributed by atoms with Crippen LogP contribution in [0.15, 0.2) is 24.3 Å². The Labute approximate surface area is 122 Å². The van der Waals surface area contributed by atoms with Crippen molar-refractivity contribution in [2.24, 2.45) is 5.92 Å². The second-order valence-electron chi connectivity index (χ2n) is 5.60. The van der Waals surface area contributed by atoms with Crippen molar-refractivity contribution >= 4 is 10.0 Å². The zero-order valence-corrected chi connectivity index (χ0v) is 13.1. The maximum Gasteiger partial charge on any atom is 0.218 e. The highest BCUT2D eigenvalue weighted by atomic mass is 32.2. The summed E-state index contributed by atoms with van der Waals surface area (Å²) in [6.07, 6.45) is 0.973. The molecule has 0 aromatic heterocycles. The maximum absolute atomic E-state index is 12.3. The molecule has 0 bridgehead atoms. The van der Waals surface area contributed by atoms with Crippen molar-refractivity contribution in [3.05, 3.63) is 35.4 Å². The minimum absolute atomic E-state index is 0.112. The van der Waals surface area contributed by atoms with Crippen molar-refractivity contribution in [3.8, 4) is 0 Å². The molecule has 1 fully saturated rings. The van der Waals surface area contributed by atoms with E-state index in [0.717, 1.165) is 25.1 Å². The molecule has 4 nitrogen and oxygen atoms in total. The topological polar surface area (TPSA) is 49.4 Å². The van der Waals surface area contributed by atoms with Gasteiger partial charge in [0.25, 0.3) is 0 Å². The van der Waals surface area contributed by atoms with Crippen LogP contribution in [0.1, 0.15) is 31.4 Å². The third-order valence-corrected chi connectivity index (χ3v) is 5.55. The monoisotopic (exact) mass is 296 g/mol. The Hall–Kier alpha value is -0.910. The first kappa shape index (κ1) is 15.5. The van der Waals surface area contributed by atoms with E-state index in [0.29, 0.717) is 19.0 Å². The van der Waals surface area contributed by atoms with Crippen LogP contribution in [0, 0.1) is 5.92 Å². The second-order valence-corrected chi connectivity index (χ2v) is 7.57. The van der Waals surface area contributed by atoms with Gasteiger partial charge in [-0.25, -0.2) is 12.7 Å². The first-order valence-electron chi connectivity index (χ1n) is 7.27. The smallest absolute Gasteiger partial charge is 0.218 e. The molecule has 1 heterocycles. The van der Waals surface area contributed by atoms with Crippen molar-refractivity contribution in [2.45, 2.75) is 32.6 Å². The van der Waals surface area contributed by atoms with Gasteiger partial charge in [0.1, 0.15) is 0 Å². The molecular weight excluding hydrogens is 272 g/mol. The molecule has 1 saturated heterocycles.